The SMILES string of the molecule is CCCCc1cn(-c2ccccc2)c(=O)n1Cc1ccc(-c2cccnc2-c2nnn[nH]2)cc1. The van der Waals surface area contributed by atoms with Gasteiger partial charge >= 0.3 is 5.69 Å². The Hall–Kier alpha value is -4.33. The first-order chi connectivity index (χ1) is 16.7. The first-order valence-corrected chi connectivity index (χ1v) is 11.4. The maximum Gasteiger partial charge on any atom is 0.333 e. The fourth-order valence-electron chi connectivity index (χ4n) is 4.09. The zero-order valence-corrected chi connectivity index (χ0v) is 18.9. The van der Waals surface area contributed by atoms with Gasteiger partial charge in [-0.25, -0.2) is 9.89 Å². The molecule has 0 aliphatic heterocycles. The number of tetrazole rings is 1. The van der Waals surface area contributed by atoms with Gasteiger partial charge in [0.2, 0.25) is 0 Å². The molecule has 0 saturated heterocycles. The fraction of sp³-hybridized carbons (Fsp3) is 0.192. The Morgan fingerprint density at radius 3 is 2.53 bits per heavy atom. The minimum absolute atomic E-state index is 0.0197. The highest BCUT2D eigenvalue weighted by Crippen LogP contribution is 2.28. The minimum atomic E-state index is -0.0197. The fourth-order valence-corrected chi connectivity index (χ4v) is 4.09. The van der Waals surface area contributed by atoms with Gasteiger partial charge in [0.15, 0.2) is 5.82 Å². The van der Waals surface area contributed by atoms with Crippen molar-refractivity contribution >= 4 is 0 Å². The van der Waals surface area contributed by atoms with Crippen molar-refractivity contribution in [1.29, 1.82) is 0 Å². The summed E-state index contributed by atoms with van der Waals surface area (Å²) in [6.07, 6.45) is 6.69. The molecule has 0 atom stereocenters. The van der Waals surface area contributed by atoms with Crippen molar-refractivity contribution in [1.82, 2.24) is 34.7 Å². The highest BCUT2D eigenvalue weighted by atomic mass is 16.1. The smallest absolute Gasteiger partial charge is 0.292 e. The molecule has 34 heavy (non-hydrogen) atoms. The molecule has 0 radical (unpaired) electrons. The van der Waals surface area contributed by atoms with Crippen LogP contribution in [0, 0.1) is 0 Å². The standard InChI is InChI=1S/C26H25N7O/c1-2-3-8-22-18-33(21-9-5-4-6-10-21)26(34)32(22)17-19-12-14-20(15-13-19)23-11-7-16-27-24(23)25-28-30-31-29-25/h4-7,9-16,18H,2-3,8,17H2,1H3,(H,28,29,30,31). The molecule has 2 aromatic carbocycles. The van der Waals surface area contributed by atoms with Crippen LogP contribution in [0.15, 0.2) is 83.9 Å². The molecular weight excluding hydrogens is 426 g/mol. The topological polar surface area (TPSA) is 94.3 Å². The summed E-state index contributed by atoms with van der Waals surface area (Å²) >= 11 is 0. The lowest BCUT2D eigenvalue weighted by Crippen LogP contribution is -2.24. The molecular formula is C26H25N7O. The van der Waals surface area contributed by atoms with Crippen LogP contribution in [0.3, 0.4) is 0 Å². The van der Waals surface area contributed by atoms with E-state index in [0.29, 0.717) is 18.1 Å². The zero-order chi connectivity index (χ0) is 23.3. The molecule has 1 N–H and O–H groups in total. The quantitative estimate of drug-likeness (QED) is 0.380. The van der Waals surface area contributed by atoms with Crippen LogP contribution >= 0.6 is 0 Å². The van der Waals surface area contributed by atoms with Gasteiger partial charge in [-0.2, -0.15) is 0 Å². The van der Waals surface area contributed by atoms with Crippen LogP contribution in [-0.4, -0.2) is 34.7 Å². The third kappa shape index (κ3) is 4.30. The summed E-state index contributed by atoms with van der Waals surface area (Å²) in [4.78, 5) is 17.8. The predicted octanol–water partition coefficient (Wildman–Crippen LogP) is 4.27. The summed E-state index contributed by atoms with van der Waals surface area (Å²) in [6, 6.07) is 21.9. The number of aromatic amines is 1. The zero-order valence-electron chi connectivity index (χ0n) is 18.9. The van der Waals surface area contributed by atoms with E-state index in [4.69, 9.17) is 0 Å². The van der Waals surface area contributed by atoms with Crippen LogP contribution in [0.1, 0.15) is 31.0 Å². The van der Waals surface area contributed by atoms with Crippen molar-refractivity contribution in [3.63, 3.8) is 0 Å². The highest BCUT2D eigenvalue weighted by molar-refractivity contribution is 5.77. The Balaban J connectivity index is 1.46. The number of rotatable bonds is 8. The number of nitrogens with one attached hydrogen (secondary N) is 1. The Morgan fingerprint density at radius 2 is 1.79 bits per heavy atom. The molecule has 0 unspecified atom stereocenters. The molecule has 8 heteroatoms. The van der Waals surface area contributed by atoms with Crippen molar-refractivity contribution in [2.24, 2.45) is 0 Å². The van der Waals surface area contributed by atoms with Crippen LogP contribution < -0.4 is 5.69 Å². The second-order valence-electron chi connectivity index (χ2n) is 8.14. The molecule has 0 fully saturated rings. The number of hydrogen-bond donors (Lipinski definition) is 1. The lowest BCUT2D eigenvalue weighted by atomic mass is 10.0. The first kappa shape index (κ1) is 21.5. The monoisotopic (exact) mass is 451 g/mol. The van der Waals surface area contributed by atoms with E-state index in [9.17, 15) is 4.79 Å². The van der Waals surface area contributed by atoms with Gasteiger partial charge in [0.1, 0.15) is 5.69 Å². The highest BCUT2D eigenvalue weighted by Gasteiger charge is 2.14. The van der Waals surface area contributed by atoms with Crippen molar-refractivity contribution in [2.45, 2.75) is 32.7 Å². The van der Waals surface area contributed by atoms with E-state index in [0.717, 1.165) is 47.3 Å². The van der Waals surface area contributed by atoms with E-state index in [1.54, 1.807) is 10.8 Å². The van der Waals surface area contributed by atoms with Crippen LogP contribution in [0.2, 0.25) is 0 Å². The summed E-state index contributed by atoms with van der Waals surface area (Å²) < 4.78 is 3.63. The number of nitrogens with zero attached hydrogens (tertiary/aromatic N) is 6. The number of imidazole rings is 1. The molecule has 0 aliphatic carbocycles. The van der Waals surface area contributed by atoms with E-state index >= 15 is 0 Å². The number of aryl methyl sites for hydroxylation is 1. The van der Waals surface area contributed by atoms with Crippen LogP contribution in [0.25, 0.3) is 28.3 Å². The third-order valence-corrected chi connectivity index (χ3v) is 5.87. The van der Waals surface area contributed by atoms with Gasteiger partial charge in [0, 0.05) is 23.7 Å². The summed E-state index contributed by atoms with van der Waals surface area (Å²) in [5.41, 5.74) is 5.60. The van der Waals surface area contributed by atoms with E-state index in [1.807, 2.05) is 65.4 Å². The first-order valence-electron chi connectivity index (χ1n) is 11.4. The molecule has 8 nitrogen and oxygen atoms in total. The number of unbranched alkanes of at least 4 members (excludes halogenated alkanes) is 1. The summed E-state index contributed by atoms with van der Waals surface area (Å²) in [6.45, 7) is 2.68. The van der Waals surface area contributed by atoms with E-state index in [2.05, 4.69) is 44.7 Å². The maximum absolute atomic E-state index is 13.3. The molecule has 5 aromatic rings. The molecule has 5 rings (SSSR count). The number of para-hydroxylation sites is 1. The molecule has 3 heterocycles. The van der Waals surface area contributed by atoms with Gasteiger partial charge in [-0.1, -0.05) is 61.9 Å². The normalized spacial score (nSPS) is 11.1. The van der Waals surface area contributed by atoms with Crippen molar-refractivity contribution < 1.29 is 0 Å². The molecule has 0 spiro atoms. The predicted molar refractivity (Wildman–Crippen MR) is 131 cm³/mol. The van der Waals surface area contributed by atoms with Gasteiger partial charge in [-0.05, 0) is 52.6 Å². The Kier molecular flexibility index (Phi) is 6.11. The lowest BCUT2D eigenvalue weighted by molar-refractivity contribution is 0.674. The molecule has 0 saturated carbocycles. The second kappa shape index (κ2) is 9.66. The van der Waals surface area contributed by atoms with Gasteiger partial charge in [-0.3, -0.25) is 14.1 Å². The van der Waals surface area contributed by atoms with Crippen LogP contribution in [-0.2, 0) is 13.0 Å². The van der Waals surface area contributed by atoms with Crippen LogP contribution in [0.4, 0.5) is 0 Å². The number of hydrogen-bond acceptors (Lipinski definition) is 5. The van der Waals surface area contributed by atoms with Gasteiger partial charge in [0.05, 0.1) is 12.2 Å². The second-order valence-corrected chi connectivity index (χ2v) is 8.14. The van der Waals surface area contributed by atoms with Crippen molar-refractivity contribution in [2.75, 3.05) is 0 Å². The van der Waals surface area contributed by atoms with Crippen molar-refractivity contribution in [3.8, 4) is 28.3 Å². The van der Waals surface area contributed by atoms with E-state index < -0.39 is 0 Å². The van der Waals surface area contributed by atoms with E-state index in [1.165, 1.54) is 0 Å². The Morgan fingerprint density at radius 1 is 0.971 bits per heavy atom. The molecule has 0 aliphatic rings. The Bertz CT molecular complexity index is 1420. The Labute approximate surface area is 196 Å². The summed E-state index contributed by atoms with van der Waals surface area (Å²) in [5.74, 6) is 0.522. The minimum Gasteiger partial charge on any atom is -0.292 e. The molecule has 170 valence electrons. The average Bonchev–Trinajstić information content (AvgIpc) is 3.53. The third-order valence-electron chi connectivity index (χ3n) is 5.87. The number of aromatic nitrogens is 7. The van der Waals surface area contributed by atoms with E-state index in [-0.39, 0.29) is 5.69 Å². The largest absolute Gasteiger partial charge is 0.333 e. The molecule has 3 aromatic heterocycles. The number of benzene rings is 2. The van der Waals surface area contributed by atoms with Gasteiger partial charge in [0.25, 0.3) is 0 Å². The molecule has 0 bridgehead atoms. The summed E-state index contributed by atoms with van der Waals surface area (Å²) in [5, 5.41) is 14.1. The molecule has 0 amide bonds. The maximum atomic E-state index is 13.3. The number of H-pyrrole nitrogens is 1. The van der Waals surface area contributed by atoms with Crippen molar-refractivity contribution in [3.05, 3.63) is 101 Å². The van der Waals surface area contributed by atoms with Gasteiger partial charge < -0.3 is 0 Å². The van der Waals surface area contributed by atoms with Gasteiger partial charge in [-0.15, -0.1) is 5.10 Å². The lowest BCUT2D eigenvalue weighted by Gasteiger charge is -2.10. The summed E-state index contributed by atoms with van der Waals surface area (Å²) in [7, 11) is 0. The number of pyridine rings is 1. The van der Waals surface area contributed by atoms with Crippen LogP contribution in [0.5, 0.6) is 0 Å². The average molecular weight is 452 g/mol.